The Labute approximate surface area is 148 Å². The fourth-order valence-corrected chi connectivity index (χ4v) is 4.91. The molecule has 3 rings (SSSR count). The van der Waals surface area contributed by atoms with Gasteiger partial charge in [-0.15, -0.1) is 11.5 Å². The van der Waals surface area contributed by atoms with E-state index in [-0.39, 0.29) is 0 Å². The minimum absolute atomic E-state index is 0.511. The summed E-state index contributed by atoms with van der Waals surface area (Å²) in [6.45, 7) is 7.82. The van der Waals surface area contributed by atoms with E-state index in [4.69, 9.17) is 0 Å². The molecular weight excluding hydrogens is 310 g/mol. The second kappa shape index (κ2) is 7.04. The van der Waals surface area contributed by atoms with E-state index in [2.05, 4.69) is 66.3 Å². The van der Waals surface area contributed by atoms with Crippen LogP contribution < -0.4 is 0 Å². The van der Waals surface area contributed by atoms with Gasteiger partial charge in [0.25, 0.3) is 0 Å². The molecule has 2 aliphatic heterocycles. The van der Waals surface area contributed by atoms with Gasteiger partial charge >= 0.3 is 0 Å². The van der Waals surface area contributed by atoms with Crippen molar-refractivity contribution >= 4 is 8.07 Å². The highest BCUT2D eigenvalue weighted by atomic mass is 28.3. The van der Waals surface area contributed by atoms with E-state index in [1.54, 1.807) is 0 Å². The zero-order valence-electron chi connectivity index (χ0n) is 15.4. The van der Waals surface area contributed by atoms with Gasteiger partial charge in [-0.1, -0.05) is 56.4 Å². The van der Waals surface area contributed by atoms with Gasteiger partial charge in [0.1, 0.15) is 8.07 Å². The summed E-state index contributed by atoms with van der Waals surface area (Å²) in [7, 11) is -1.35. The van der Waals surface area contributed by atoms with Gasteiger partial charge in [0.05, 0.1) is 5.60 Å². The predicted molar refractivity (Wildman–Crippen MR) is 103 cm³/mol. The molecule has 1 aromatic rings. The summed E-state index contributed by atoms with van der Waals surface area (Å²) in [6.07, 6.45) is 6.16. The highest BCUT2D eigenvalue weighted by Gasteiger charge is 2.44. The molecule has 2 fully saturated rings. The molecule has 1 N–H and O–H groups in total. The number of nitrogens with zero attached hydrogens (tertiary/aromatic N) is 1. The van der Waals surface area contributed by atoms with Crippen molar-refractivity contribution in [3.05, 3.63) is 35.9 Å². The van der Waals surface area contributed by atoms with E-state index in [1.165, 1.54) is 24.8 Å². The van der Waals surface area contributed by atoms with Crippen LogP contribution in [0.4, 0.5) is 0 Å². The van der Waals surface area contributed by atoms with E-state index >= 15 is 0 Å². The first-order chi connectivity index (χ1) is 11.3. The molecule has 0 amide bonds. The molecule has 0 spiro atoms. The van der Waals surface area contributed by atoms with Crippen molar-refractivity contribution in [2.45, 2.75) is 82.4 Å². The van der Waals surface area contributed by atoms with Crippen LogP contribution in [0.15, 0.2) is 30.3 Å². The zero-order valence-corrected chi connectivity index (χ0v) is 16.4. The molecule has 1 aromatic carbocycles. The van der Waals surface area contributed by atoms with Gasteiger partial charge in [0, 0.05) is 25.0 Å². The quantitative estimate of drug-likeness (QED) is 0.658. The maximum absolute atomic E-state index is 11.1. The third-order valence-electron chi connectivity index (χ3n) is 5.33. The Hall–Kier alpha value is -1.08. The number of hydrogen-bond donors (Lipinski definition) is 1. The van der Waals surface area contributed by atoms with Gasteiger partial charge in [-0.25, -0.2) is 0 Å². The van der Waals surface area contributed by atoms with Crippen molar-refractivity contribution in [1.82, 2.24) is 4.90 Å². The van der Waals surface area contributed by atoms with Gasteiger partial charge < -0.3 is 5.11 Å². The van der Waals surface area contributed by atoms with Gasteiger partial charge in [-0.05, 0) is 31.2 Å². The maximum atomic E-state index is 11.1. The third kappa shape index (κ3) is 4.50. The lowest BCUT2D eigenvalue weighted by atomic mass is 9.74. The number of fused-ring (bicyclic) bond motifs is 2. The van der Waals surface area contributed by atoms with Crippen LogP contribution in [0.1, 0.15) is 44.1 Å². The highest BCUT2D eigenvalue weighted by molar-refractivity contribution is 6.83. The maximum Gasteiger partial charge on any atom is 0.129 e. The number of hydrogen-bond acceptors (Lipinski definition) is 2. The van der Waals surface area contributed by atoms with Crippen molar-refractivity contribution in [3.63, 3.8) is 0 Å². The lowest BCUT2D eigenvalue weighted by Crippen LogP contribution is -2.57. The number of piperidine rings is 2. The SMILES string of the molecule is C[Si](C)(C)C#CCC1(O)CC2CCCC(C1)N2Cc1ccccc1. The van der Waals surface area contributed by atoms with Crippen molar-refractivity contribution in [2.75, 3.05) is 0 Å². The average Bonchev–Trinajstić information content (AvgIpc) is 2.48. The first kappa shape index (κ1) is 17.7. The molecule has 2 nitrogen and oxygen atoms in total. The average molecular weight is 342 g/mol. The Kier molecular flexibility index (Phi) is 5.20. The van der Waals surface area contributed by atoms with Crippen LogP contribution in [0.25, 0.3) is 0 Å². The van der Waals surface area contributed by atoms with Crippen molar-refractivity contribution in [3.8, 4) is 11.5 Å². The number of rotatable bonds is 3. The summed E-state index contributed by atoms with van der Waals surface area (Å²) in [5, 5.41) is 11.1. The van der Waals surface area contributed by atoms with Crippen LogP contribution in [-0.4, -0.2) is 35.8 Å². The summed E-state index contributed by atoms with van der Waals surface area (Å²) in [6, 6.07) is 11.8. The predicted octanol–water partition coefficient (Wildman–Crippen LogP) is 4.21. The molecular formula is C21H31NOSi. The molecule has 0 aromatic heterocycles. The van der Waals surface area contributed by atoms with Gasteiger partial charge in [0.2, 0.25) is 0 Å². The highest BCUT2D eigenvalue weighted by Crippen LogP contribution is 2.41. The fraction of sp³-hybridized carbons (Fsp3) is 0.619. The second-order valence-electron chi connectivity index (χ2n) is 8.76. The van der Waals surface area contributed by atoms with Gasteiger partial charge in [-0.3, -0.25) is 4.90 Å². The first-order valence-corrected chi connectivity index (χ1v) is 12.9. The van der Waals surface area contributed by atoms with E-state index < -0.39 is 13.7 Å². The molecule has 2 bridgehead atoms. The number of aliphatic hydroxyl groups is 1. The summed E-state index contributed by atoms with van der Waals surface area (Å²) in [5.41, 5.74) is 4.24. The molecule has 3 heteroatoms. The molecule has 2 heterocycles. The Morgan fingerprint density at radius 2 is 1.75 bits per heavy atom. The largest absolute Gasteiger partial charge is 0.389 e. The van der Waals surface area contributed by atoms with Crippen LogP contribution in [0.3, 0.4) is 0 Å². The van der Waals surface area contributed by atoms with E-state index in [9.17, 15) is 5.11 Å². The molecule has 130 valence electrons. The number of benzene rings is 1. The van der Waals surface area contributed by atoms with Crippen LogP contribution >= 0.6 is 0 Å². The Morgan fingerprint density at radius 1 is 1.12 bits per heavy atom. The normalized spacial score (nSPS) is 30.5. The summed E-state index contributed by atoms with van der Waals surface area (Å²) < 4.78 is 0. The van der Waals surface area contributed by atoms with E-state index in [0.717, 1.165) is 19.4 Å². The minimum Gasteiger partial charge on any atom is -0.389 e. The summed E-state index contributed by atoms with van der Waals surface area (Å²) in [4.78, 5) is 2.65. The molecule has 24 heavy (non-hydrogen) atoms. The van der Waals surface area contributed by atoms with Crippen LogP contribution in [0, 0.1) is 11.5 Å². The van der Waals surface area contributed by atoms with E-state index in [1.807, 2.05) is 0 Å². The molecule has 0 aliphatic carbocycles. The van der Waals surface area contributed by atoms with Crippen molar-refractivity contribution in [2.24, 2.45) is 0 Å². The van der Waals surface area contributed by atoms with Crippen molar-refractivity contribution in [1.29, 1.82) is 0 Å². The molecule has 0 radical (unpaired) electrons. The smallest absolute Gasteiger partial charge is 0.129 e. The minimum atomic E-state index is -1.35. The molecule has 2 unspecified atom stereocenters. The Balaban J connectivity index is 1.69. The second-order valence-corrected chi connectivity index (χ2v) is 13.5. The fourth-order valence-electron chi connectivity index (χ4n) is 4.29. The molecule has 2 atom stereocenters. The van der Waals surface area contributed by atoms with Crippen LogP contribution in [0.5, 0.6) is 0 Å². The molecule has 2 aliphatic rings. The topological polar surface area (TPSA) is 23.5 Å². The van der Waals surface area contributed by atoms with E-state index in [0.29, 0.717) is 18.5 Å². The Morgan fingerprint density at radius 3 is 2.33 bits per heavy atom. The molecule has 0 saturated carbocycles. The van der Waals surface area contributed by atoms with Gasteiger partial charge in [-0.2, -0.15) is 0 Å². The van der Waals surface area contributed by atoms with Crippen LogP contribution in [-0.2, 0) is 6.54 Å². The standard InChI is InChI=1S/C21H31NOSi/c1-24(2,3)14-8-13-21(23)15-19-11-7-12-20(16-21)22(19)17-18-9-5-4-6-10-18/h4-6,9-10,19-20,23H,7,11-13,15-17H2,1-3H3. The third-order valence-corrected chi connectivity index (χ3v) is 6.26. The van der Waals surface area contributed by atoms with Crippen molar-refractivity contribution < 1.29 is 5.11 Å². The van der Waals surface area contributed by atoms with Gasteiger partial charge in [0.15, 0.2) is 0 Å². The lowest BCUT2D eigenvalue weighted by molar-refractivity contribution is -0.0922. The summed E-state index contributed by atoms with van der Waals surface area (Å²) in [5.74, 6) is 3.33. The first-order valence-electron chi connectivity index (χ1n) is 9.37. The summed E-state index contributed by atoms with van der Waals surface area (Å²) >= 11 is 0. The Bertz CT molecular complexity index is 596. The zero-order chi connectivity index (χ0) is 17.2. The monoisotopic (exact) mass is 341 g/mol. The lowest BCUT2D eigenvalue weighted by Gasteiger charge is -2.52. The molecule has 2 saturated heterocycles. The van der Waals surface area contributed by atoms with Crippen LogP contribution in [0.2, 0.25) is 19.6 Å².